The van der Waals surface area contributed by atoms with Crippen LogP contribution < -0.4 is 0 Å². The maximum Gasteiger partial charge on any atom is 0.384 e. The van der Waals surface area contributed by atoms with Crippen LogP contribution in [0.15, 0.2) is 6.20 Å². The van der Waals surface area contributed by atoms with E-state index < -0.39 is 5.97 Å². The molecule has 0 saturated carbocycles. The summed E-state index contributed by atoms with van der Waals surface area (Å²) in [6, 6.07) is 0. The largest absolute Gasteiger partial charge is 0.461 e. The first-order chi connectivity index (χ1) is 11.7. The molecular formula is C19H30N2O4. The molecule has 0 bridgehead atoms. The van der Waals surface area contributed by atoms with Gasteiger partial charge in [0.2, 0.25) is 0 Å². The summed E-state index contributed by atoms with van der Waals surface area (Å²) < 4.78 is 11.3. The number of esters is 2. The third kappa shape index (κ3) is 8.39. The van der Waals surface area contributed by atoms with Crippen molar-refractivity contribution in [2.45, 2.75) is 66.8 Å². The highest BCUT2D eigenvalue weighted by atomic mass is 16.5. The second-order valence-corrected chi connectivity index (χ2v) is 6.07. The van der Waals surface area contributed by atoms with Gasteiger partial charge in [0.25, 0.3) is 0 Å². The van der Waals surface area contributed by atoms with Crippen molar-refractivity contribution in [2.24, 2.45) is 0 Å². The Bertz CT molecular complexity index is 616. The zero-order valence-electron chi connectivity index (χ0n) is 16.4. The van der Waals surface area contributed by atoms with E-state index in [0.717, 1.165) is 12.0 Å². The number of carbonyl (C=O) groups excluding carboxylic acids is 2. The van der Waals surface area contributed by atoms with Crippen LogP contribution in [0.1, 0.15) is 70.9 Å². The lowest BCUT2D eigenvalue weighted by molar-refractivity contribution is -0.136. The first-order valence-electron chi connectivity index (χ1n) is 8.62. The highest BCUT2D eigenvalue weighted by Gasteiger charge is 2.21. The van der Waals surface area contributed by atoms with E-state index in [4.69, 9.17) is 4.74 Å². The van der Waals surface area contributed by atoms with Gasteiger partial charge in [-0.05, 0) is 41.0 Å². The number of aryl methyl sites for hydroxylation is 1. The Labute approximate surface area is 150 Å². The number of hydrogen-bond acceptors (Lipinski definition) is 5. The van der Waals surface area contributed by atoms with Crippen molar-refractivity contribution < 1.29 is 19.1 Å². The van der Waals surface area contributed by atoms with Crippen LogP contribution in [0.2, 0.25) is 0 Å². The molecule has 6 heteroatoms. The molecule has 1 aromatic heterocycles. The summed E-state index contributed by atoms with van der Waals surface area (Å²) in [5, 5.41) is 4.31. The molecule has 0 aromatic carbocycles. The fraction of sp³-hybridized carbons (Fsp3) is 0.632. The molecule has 0 amide bonds. The predicted molar refractivity (Wildman–Crippen MR) is 97.3 cm³/mol. The van der Waals surface area contributed by atoms with E-state index in [1.54, 1.807) is 13.8 Å². The molecule has 0 aliphatic heterocycles. The Morgan fingerprint density at radius 3 is 2.16 bits per heavy atom. The summed E-state index contributed by atoms with van der Waals surface area (Å²) in [4.78, 5) is 22.1. The standard InChI is InChI=1S/C12H20N2O2.C7H10O2/c1-6-9-8-14(12(3,4)5)13-10(9)11(15)16-7-2;1-3-5-6-7(8)9-4-2/h8H,6-7H2,1-5H3;3-4H2,1-2H3. The number of carbonyl (C=O) groups is 2. The van der Waals surface area contributed by atoms with Crippen LogP contribution in [0.3, 0.4) is 0 Å². The summed E-state index contributed by atoms with van der Waals surface area (Å²) >= 11 is 0. The van der Waals surface area contributed by atoms with E-state index in [9.17, 15) is 9.59 Å². The third-order valence-electron chi connectivity index (χ3n) is 2.97. The number of aromatic nitrogens is 2. The molecule has 1 heterocycles. The lowest BCUT2D eigenvalue weighted by Gasteiger charge is -2.18. The molecule has 0 radical (unpaired) electrons. The molecule has 0 saturated heterocycles. The SMILES string of the molecule is CCC#CC(=O)OCC.CCOC(=O)c1nn(C(C)(C)C)cc1CC. The summed E-state index contributed by atoms with van der Waals surface area (Å²) in [7, 11) is 0. The smallest absolute Gasteiger partial charge is 0.384 e. The number of rotatable bonds is 4. The summed E-state index contributed by atoms with van der Waals surface area (Å²) in [6.07, 6.45) is 3.40. The summed E-state index contributed by atoms with van der Waals surface area (Å²) in [5.41, 5.74) is 1.27. The topological polar surface area (TPSA) is 70.4 Å². The molecule has 0 atom stereocenters. The zero-order valence-corrected chi connectivity index (χ0v) is 16.4. The quantitative estimate of drug-likeness (QED) is 0.473. The Hall–Kier alpha value is -2.29. The highest BCUT2D eigenvalue weighted by molar-refractivity contribution is 5.89. The van der Waals surface area contributed by atoms with Crippen molar-refractivity contribution in [1.82, 2.24) is 9.78 Å². The third-order valence-corrected chi connectivity index (χ3v) is 2.97. The summed E-state index contributed by atoms with van der Waals surface area (Å²) in [6.45, 7) is 14.4. The van der Waals surface area contributed by atoms with Crippen molar-refractivity contribution in [3.63, 3.8) is 0 Å². The fourth-order valence-electron chi connectivity index (χ4n) is 1.71. The molecular weight excluding hydrogens is 320 g/mol. The minimum absolute atomic E-state index is 0.116. The molecule has 6 nitrogen and oxygen atoms in total. The average Bonchev–Trinajstić information content (AvgIpc) is 2.99. The maximum atomic E-state index is 11.7. The van der Waals surface area contributed by atoms with Crippen LogP contribution in [-0.4, -0.2) is 34.9 Å². The van der Waals surface area contributed by atoms with Gasteiger partial charge in [-0.25, -0.2) is 9.59 Å². The molecule has 0 unspecified atom stereocenters. The van der Waals surface area contributed by atoms with Crippen LogP contribution >= 0.6 is 0 Å². The molecule has 0 fully saturated rings. The molecule has 1 aromatic rings. The molecule has 0 aliphatic rings. The fourth-order valence-corrected chi connectivity index (χ4v) is 1.71. The van der Waals surface area contributed by atoms with Crippen LogP contribution in [0, 0.1) is 11.8 Å². The van der Waals surface area contributed by atoms with Gasteiger partial charge in [0.15, 0.2) is 5.69 Å². The van der Waals surface area contributed by atoms with E-state index in [2.05, 4.69) is 21.7 Å². The van der Waals surface area contributed by atoms with E-state index in [1.807, 2.05) is 45.5 Å². The van der Waals surface area contributed by atoms with Crippen LogP contribution in [0.5, 0.6) is 0 Å². The molecule has 1 rings (SSSR count). The minimum atomic E-state index is -0.431. The second-order valence-electron chi connectivity index (χ2n) is 6.07. The molecule has 25 heavy (non-hydrogen) atoms. The van der Waals surface area contributed by atoms with E-state index in [-0.39, 0.29) is 11.5 Å². The van der Waals surface area contributed by atoms with Crippen molar-refractivity contribution in [2.75, 3.05) is 13.2 Å². The van der Waals surface area contributed by atoms with Crippen LogP contribution in [-0.2, 0) is 26.2 Å². The van der Waals surface area contributed by atoms with Gasteiger partial charge < -0.3 is 9.47 Å². The first kappa shape index (κ1) is 22.7. The Kier molecular flexibility index (Phi) is 10.3. The number of ether oxygens (including phenoxy) is 2. The van der Waals surface area contributed by atoms with Crippen molar-refractivity contribution in [1.29, 1.82) is 0 Å². The molecule has 0 N–H and O–H groups in total. The van der Waals surface area contributed by atoms with Gasteiger partial charge in [-0.1, -0.05) is 19.8 Å². The minimum Gasteiger partial charge on any atom is -0.461 e. The highest BCUT2D eigenvalue weighted by Crippen LogP contribution is 2.17. The normalized spacial score (nSPS) is 10.0. The number of hydrogen-bond donors (Lipinski definition) is 0. The number of nitrogens with zero attached hydrogens (tertiary/aromatic N) is 2. The Morgan fingerprint density at radius 2 is 1.72 bits per heavy atom. The van der Waals surface area contributed by atoms with Gasteiger partial charge in [0.1, 0.15) is 0 Å². The van der Waals surface area contributed by atoms with E-state index in [0.29, 0.717) is 25.3 Å². The van der Waals surface area contributed by atoms with Gasteiger partial charge in [0.05, 0.1) is 18.8 Å². The Balaban J connectivity index is 0.000000547. The van der Waals surface area contributed by atoms with Crippen LogP contribution in [0.4, 0.5) is 0 Å². The predicted octanol–water partition coefficient (Wildman–Crippen LogP) is 3.34. The van der Waals surface area contributed by atoms with Gasteiger partial charge in [-0.15, -0.1) is 0 Å². The van der Waals surface area contributed by atoms with E-state index >= 15 is 0 Å². The van der Waals surface area contributed by atoms with Gasteiger partial charge in [0, 0.05) is 24.1 Å². The van der Waals surface area contributed by atoms with Gasteiger partial charge >= 0.3 is 11.9 Å². The van der Waals surface area contributed by atoms with E-state index in [1.165, 1.54) is 0 Å². The Morgan fingerprint density at radius 1 is 1.12 bits per heavy atom. The zero-order chi connectivity index (χ0) is 19.5. The molecule has 0 spiro atoms. The summed E-state index contributed by atoms with van der Waals surface area (Å²) in [5.74, 6) is 4.17. The lowest BCUT2D eigenvalue weighted by Crippen LogP contribution is -2.22. The van der Waals surface area contributed by atoms with Gasteiger partial charge in [-0.3, -0.25) is 4.68 Å². The maximum absolute atomic E-state index is 11.7. The molecule has 0 aliphatic carbocycles. The van der Waals surface area contributed by atoms with Crippen molar-refractivity contribution >= 4 is 11.9 Å². The van der Waals surface area contributed by atoms with Crippen LogP contribution in [0.25, 0.3) is 0 Å². The average molecular weight is 350 g/mol. The lowest BCUT2D eigenvalue weighted by atomic mass is 10.1. The van der Waals surface area contributed by atoms with Crippen molar-refractivity contribution in [3.8, 4) is 11.8 Å². The van der Waals surface area contributed by atoms with Crippen molar-refractivity contribution in [3.05, 3.63) is 17.5 Å². The monoisotopic (exact) mass is 350 g/mol. The van der Waals surface area contributed by atoms with Gasteiger partial charge in [-0.2, -0.15) is 5.10 Å². The second kappa shape index (κ2) is 11.3. The molecule has 140 valence electrons. The first-order valence-corrected chi connectivity index (χ1v) is 8.62.